The van der Waals surface area contributed by atoms with Crippen molar-refractivity contribution in [2.75, 3.05) is 5.32 Å². The molecule has 1 saturated carbocycles. The second kappa shape index (κ2) is 7.50. The van der Waals surface area contributed by atoms with Gasteiger partial charge >= 0.3 is 0 Å². The Hall–Kier alpha value is -1.09. The molecule has 0 radical (unpaired) electrons. The first-order valence-electron chi connectivity index (χ1n) is 7.33. The fourth-order valence-corrected chi connectivity index (χ4v) is 4.22. The van der Waals surface area contributed by atoms with Crippen LogP contribution in [0.2, 0.25) is 20.2 Å². The van der Waals surface area contributed by atoms with Gasteiger partial charge in [-0.15, -0.1) is 0 Å². The number of pyridine rings is 1. The van der Waals surface area contributed by atoms with Crippen LogP contribution in [0.3, 0.4) is 0 Å². The molecule has 1 aromatic heterocycles. The summed E-state index contributed by atoms with van der Waals surface area (Å²) in [7, 11) is -3.65. The van der Waals surface area contributed by atoms with Gasteiger partial charge in [0.25, 0.3) is 5.91 Å². The lowest BCUT2D eigenvalue weighted by atomic mass is 10.3. The van der Waals surface area contributed by atoms with Crippen molar-refractivity contribution in [3.8, 4) is 0 Å². The normalized spacial score (nSPS) is 14.3. The average Bonchev–Trinajstić information content (AvgIpc) is 3.39. The number of hydrogen-bond donors (Lipinski definition) is 2. The lowest BCUT2D eigenvalue weighted by molar-refractivity contribution is 0.102. The number of rotatable bonds is 5. The van der Waals surface area contributed by atoms with E-state index in [2.05, 4.69) is 15.0 Å². The van der Waals surface area contributed by atoms with Crippen LogP contribution in [0.15, 0.2) is 29.2 Å². The van der Waals surface area contributed by atoms with E-state index in [-0.39, 0.29) is 42.5 Å². The zero-order valence-electron chi connectivity index (χ0n) is 12.9. The Kier molecular flexibility index (Phi) is 5.67. The minimum atomic E-state index is -3.65. The molecule has 1 fully saturated rings. The molecule has 2 N–H and O–H groups in total. The molecule has 1 aromatic carbocycles. The fraction of sp³-hybridized carbons (Fsp3) is 0.200. The smallest absolute Gasteiger partial charge is 0.275 e. The summed E-state index contributed by atoms with van der Waals surface area (Å²) in [6.45, 7) is 0. The SMILES string of the molecule is O=C(Nc1cccc(S(=O)(=O)NC2CC2)c1)c1nc(Cl)c(Cl)c(Cl)c1Cl. The van der Waals surface area contributed by atoms with Gasteiger partial charge in [0.2, 0.25) is 10.0 Å². The van der Waals surface area contributed by atoms with Gasteiger partial charge in [0, 0.05) is 11.7 Å². The molecular weight excluding hydrogens is 444 g/mol. The van der Waals surface area contributed by atoms with Gasteiger partial charge in [-0.1, -0.05) is 52.5 Å². The summed E-state index contributed by atoms with van der Waals surface area (Å²) < 4.78 is 27.1. The van der Waals surface area contributed by atoms with Gasteiger partial charge in [-0.25, -0.2) is 18.1 Å². The molecule has 1 aliphatic carbocycles. The summed E-state index contributed by atoms with van der Waals surface area (Å²) in [5, 5.41) is 2.04. The highest BCUT2D eigenvalue weighted by atomic mass is 35.5. The van der Waals surface area contributed by atoms with Crippen molar-refractivity contribution in [1.82, 2.24) is 9.71 Å². The van der Waals surface area contributed by atoms with Crippen LogP contribution >= 0.6 is 46.4 Å². The van der Waals surface area contributed by atoms with Gasteiger partial charge < -0.3 is 5.32 Å². The zero-order chi connectivity index (χ0) is 19.1. The van der Waals surface area contributed by atoms with Crippen molar-refractivity contribution in [3.05, 3.63) is 50.2 Å². The molecule has 1 amide bonds. The summed E-state index contributed by atoms with van der Waals surface area (Å²) in [6.07, 6.45) is 1.63. The van der Waals surface area contributed by atoms with Crippen LogP contribution in [0.4, 0.5) is 5.69 Å². The van der Waals surface area contributed by atoms with E-state index in [0.717, 1.165) is 12.8 Å². The number of carbonyl (C=O) groups excluding carboxylic acids is 1. The molecule has 6 nitrogen and oxygen atoms in total. The Morgan fingerprint density at radius 1 is 1.08 bits per heavy atom. The number of hydrogen-bond acceptors (Lipinski definition) is 4. The minimum Gasteiger partial charge on any atom is -0.321 e. The number of anilines is 1. The zero-order valence-corrected chi connectivity index (χ0v) is 16.7. The maximum atomic E-state index is 12.4. The van der Waals surface area contributed by atoms with E-state index in [1.807, 2.05) is 0 Å². The van der Waals surface area contributed by atoms with Crippen molar-refractivity contribution in [2.24, 2.45) is 0 Å². The number of nitrogens with one attached hydrogen (secondary N) is 2. The van der Waals surface area contributed by atoms with E-state index in [1.165, 1.54) is 24.3 Å². The molecule has 1 aliphatic rings. The monoisotopic (exact) mass is 453 g/mol. The molecule has 0 aliphatic heterocycles. The Morgan fingerprint density at radius 3 is 2.42 bits per heavy atom. The Morgan fingerprint density at radius 2 is 1.77 bits per heavy atom. The number of aromatic nitrogens is 1. The van der Waals surface area contributed by atoms with Crippen molar-refractivity contribution >= 4 is 68.0 Å². The number of halogens is 4. The first-order valence-corrected chi connectivity index (χ1v) is 10.3. The van der Waals surface area contributed by atoms with Crippen LogP contribution in [0, 0.1) is 0 Å². The molecule has 138 valence electrons. The highest BCUT2D eigenvalue weighted by molar-refractivity contribution is 7.89. The third-order valence-corrected chi connectivity index (χ3v) is 6.70. The lowest BCUT2D eigenvalue weighted by Crippen LogP contribution is -2.25. The number of sulfonamides is 1. The molecule has 1 heterocycles. The number of amides is 1. The highest BCUT2D eigenvalue weighted by Crippen LogP contribution is 2.36. The van der Waals surface area contributed by atoms with Crippen LogP contribution in [0.5, 0.6) is 0 Å². The van der Waals surface area contributed by atoms with Crippen LogP contribution in [0.25, 0.3) is 0 Å². The second-order valence-electron chi connectivity index (χ2n) is 5.57. The van der Waals surface area contributed by atoms with Crippen molar-refractivity contribution in [2.45, 2.75) is 23.8 Å². The van der Waals surface area contributed by atoms with E-state index < -0.39 is 15.9 Å². The van der Waals surface area contributed by atoms with Gasteiger partial charge in [-0.05, 0) is 31.0 Å². The van der Waals surface area contributed by atoms with E-state index in [0.29, 0.717) is 0 Å². The summed E-state index contributed by atoms with van der Waals surface area (Å²) >= 11 is 23.6. The third kappa shape index (κ3) is 4.24. The largest absolute Gasteiger partial charge is 0.321 e. The third-order valence-electron chi connectivity index (χ3n) is 3.50. The minimum absolute atomic E-state index is 0.0281. The highest BCUT2D eigenvalue weighted by Gasteiger charge is 2.28. The quantitative estimate of drug-likeness (QED) is 0.655. The predicted octanol–water partition coefficient (Wildman–Crippen LogP) is 4.39. The molecule has 26 heavy (non-hydrogen) atoms. The summed E-state index contributed by atoms with van der Waals surface area (Å²) in [5.74, 6) is -0.708. The molecule has 0 saturated heterocycles. The molecule has 0 bridgehead atoms. The van der Waals surface area contributed by atoms with Gasteiger partial charge in [0.05, 0.1) is 20.0 Å². The molecule has 0 unspecified atom stereocenters. The maximum absolute atomic E-state index is 12.4. The Bertz CT molecular complexity index is 994. The molecule has 0 atom stereocenters. The molecule has 3 rings (SSSR count). The van der Waals surface area contributed by atoms with E-state index >= 15 is 0 Å². The Labute approximate surface area is 169 Å². The van der Waals surface area contributed by atoms with Crippen molar-refractivity contribution in [1.29, 1.82) is 0 Å². The van der Waals surface area contributed by atoms with Crippen LogP contribution in [-0.2, 0) is 10.0 Å². The molecular formula is C15H11Cl4N3O3S. The van der Waals surface area contributed by atoms with Gasteiger partial charge in [0.1, 0.15) is 10.8 Å². The van der Waals surface area contributed by atoms with Crippen molar-refractivity contribution in [3.63, 3.8) is 0 Å². The molecule has 2 aromatic rings. The van der Waals surface area contributed by atoms with Crippen LogP contribution < -0.4 is 10.0 Å². The van der Waals surface area contributed by atoms with Crippen LogP contribution in [0.1, 0.15) is 23.3 Å². The average molecular weight is 455 g/mol. The summed E-state index contributed by atoms with van der Waals surface area (Å²) in [5.41, 5.74) is 0.0177. The first-order chi connectivity index (χ1) is 12.2. The summed E-state index contributed by atoms with van der Waals surface area (Å²) in [4.78, 5) is 16.3. The predicted molar refractivity (Wildman–Crippen MR) is 102 cm³/mol. The topological polar surface area (TPSA) is 88.2 Å². The molecule has 0 spiro atoms. The van der Waals surface area contributed by atoms with E-state index in [9.17, 15) is 13.2 Å². The fourth-order valence-electron chi connectivity index (χ4n) is 2.06. The number of benzene rings is 1. The number of carbonyl (C=O) groups is 1. The maximum Gasteiger partial charge on any atom is 0.275 e. The van der Waals surface area contributed by atoms with Gasteiger partial charge in [-0.2, -0.15) is 0 Å². The lowest BCUT2D eigenvalue weighted by Gasteiger charge is -2.10. The molecule has 11 heteroatoms. The Balaban J connectivity index is 1.86. The number of nitrogens with zero attached hydrogens (tertiary/aromatic N) is 1. The first kappa shape index (κ1) is 19.7. The van der Waals surface area contributed by atoms with E-state index in [4.69, 9.17) is 46.4 Å². The van der Waals surface area contributed by atoms with Gasteiger partial charge in [-0.3, -0.25) is 4.79 Å². The second-order valence-corrected chi connectivity index (χ2v) is 8.78. The van der Waals surface area contributed by atoms with Crippen LogP contribution in [-0.4, -0.2) is 25.4 Å². The van der Waals surface area contributed by atoms with Gasteiger partial charge in [0.15, 0.2) is 0 Å². The summed E-state index contributed by atoms with van der Waals surface area (Å²) in [6, 6.07) is 5.77. The van der Waals surface area contributed by atoms with E-state index in [1.54, 1.807) is 0 Å². The van der Waals surface area contributed by atoms with Crippen molar-refractivity contribution < 1.29 is 13.2 Å². The standard InChI is InChI=1S/C15H11Cl4N3O3S/c16-10-11(17)13(21-14(19)12(10)18)15(23)20-8-2-1-3-9(6-8)26(24,25)22-7-4-5-7/h1-3,6-7,22H,4-5H2,(H,20,23).